The van der Waals surface area contributed by atoms with E-state index in [1.54, 1.807) is 0 Å². The summed E-state index contributed by atoms with van der Waals surface area (Å²) in [6.07, 6.45) is 1.80. The van der Waals surface area contributed by atoms with Crippen LogP contribution in [0.3, 0.4) is 0 Å². The first-order valence-electron chi connectivity index (χ1n) is 6.08. The second-order valence-electron chi connectivity index (χ2n) is 4.57. The van der Waals surface area contributed by atoms with E-state index in [1.807, 2.05) is 6.92 Å². The van der Waals surface area contributed by atoms with Gasteiger partial charge in [0, 0.05) is 12.1 Å². The van der Waals surface area contributed by atoms with Crippen LogP contribution >= 0.6 is 0 Å². The molecule has 0 aliphatic carbocycles. The Morgan fingerprint density at radius 3 is 2.94 bits per heavy atom. The Kier molecular flexibility index (Phi) is 3.91. The number of nitrogens with one attached hydrogen (secondary N) is 2. The summed E-state index contributed by atoms with van der Waals surface area (Å²) in [6.45, 7) is 2.88. The number of halogens is 2. The Morgan fingerprint density at radius 2 is 2.22 bits per heavy atom. The third kappa shape index (κ3) is 2.67. The fraction of sp³-hybridized carbons (Fsp3) is 0.462. The zero-order valence-electron chi connectivity index (χ0n) is 10.2. The molecule has 1 aromatic carbocycles. The Labute approximate surface area is 105 Å². The van der Waals surface area contributed by atoms with Crippen molar-refractivity contribution < 1.29 is 13.6 Å². The summed E-state index contributed by atoms with van der Waals surface area (Å²) < 4.78 is 26.5. The lowest BCUT2D eigenvalue weighted by atomic mass is 9.99. The maximum Gasteiger partial charge on any atom is 0.254 e. The summed E-state index contributed by atoms with van der Waals surface area (Å²) in [4.78, 5) is 11.9. The van der Waals surface area contributed by atoms with Crippen LogP contribution in [0.15, 0.2) is 18.2 Å². The quantitative estimate of drug-likeness (QED) is 0.845. The van der Waals surface area contributed by atoms with Gasteiger partial charge in [-0.25, -0.2) is 8.78 Å². The molecule has 0 unspecified atom stereocenters. The first-order valence-corrected chi connectivity index (χ1v) is 6.08. The van der Waals surface area contributed by atoms with Gasteiger partial charge in [-0.2, -0.15) is 0 Å². The SMILES string of the molecule is C[C@H]1NCCC[C@H]1NC(=O)c1cccc(F)c1F. The molecule has 0 spiro atoms. The van der Waals surface area contributed by atoms with Crippen molar-refractivity contribution >= 4 is 5.91 Å². The molecular weight excluding hydrogens is 238 g/mol. The molecule has 18 heavy (non-hydrogen) atoms. The highest BCUT2D eigenvalue weighted by atomic mass is 19.2. The van der Waals surface area contributed by atoms with E-state index in [9.17, 15) is 13.6 Å². The number of benzene rings is 1. The average molecular weight is 254 g/mol. The summed E-state index contributed by atoms with van der Waals surface area (Å²) >= 11 is 0. The van der Waals surface area contributed by atoms with Crippen molar-refractivity contribution in [1.29, 1.82) is 0 Å². The van der Waals surface area contributed by atoms with E-state index in [-0.39, 0.29) is 17.6 Å². The molecule has 1 aliphatic heterocycles. The molecule has 0 saturated carbocycles. The molecule has 1 aromatic rings. The number of piperidine rings is 1. The second-order valence-corrected chi connectivity index (χ2v) is 4.57. The van der Waals surface area contributed by atoms with Gasteiger partial charge in [-0.3, -0.25) is 4.79 Å². The van der Waals surface area contributed by atoms with Crippen molar-refractivity contribution in [2.75, 3.05) is 6.54 Å². The smallest absolute Gasteiger partial charge is 0.254 e. The van der Waals surface area contributed by atoms with E-state index < -0.39 is 17.5 Å². The molecule has 2 N–H and O–H groups in total. The van der Waals surface area contributed by atoms with Gasteiger partial charge in [-0.1, -0.05) is 6.07 Å². The van der Waals surface area contributed by atoms with Crippen LogP contribution in [0.25, 0.3) is 0 Å². The van der Waals surface area contributed by atoms with Crippen LogP contribution in [0.1, 0.15) is 30.1 Å². The summed E-state index contributed by atoms with van der Waals surface area (Å²) in [5.41, 5.74) is -0.243. The highest BCUT2D eigenvalue weighted by molar-refractivity contribution is 5.94. The number of carbonyl (C=O) groups excluding carboxylic acids is 1. The minimum absolute atomic E-state index is 0.0473. The van der Waals surface area contributed by atoms with E-state index >= 15 is 0 Å². The zero-order valence-corrected chi connectivity index (χ0v) is 10.2. The minimum atomic E-state index is -1.09. The standard InChI is InChI=1S/C13H16F2N2O/c1-8-11(6-3-7-16-8)17-13(18)9-4-2-5-10(14)12(9)15/h2,4-5,8,11,16H,3,6-7H2,1H3,(H,17,18)/t8-,11-/m1/s1. The third-order valence-corrected chi connectivity index (χ3v) is 3.27. The van der Waals surface area contributed by atoms with Crippen LogP contribution in [-0.2, 0) is 0 Å². The summed E-state index contributed by atoms with van der Waals surface area (Å²) in [5, 5.41) is 5.98. The molecule has 98 valence electrons. The fourth-order valence-electron chi connectivity index (χ4n) is 2.17. The molecule has 0 radical (unpaired) electrons. The van der Waals surface area contributed by atoms with Gasteiger partial charge in [0.1, 0.15) is 0 Å². The number of hydrogen-bond donors (Lipinski definition) is 2. The highest BCUT2D eigenvalue weighted by Crippen LogP contribution is 2.13. The van der Waals surface area contributed by atoms with Gasteiger partial charge in [-0.15, -0.1) is 0 Å². The maximum absolute atomic E-state index is 13.5. The number of amides is 1. The predicted molar refractivity (Wildman–Crippen MR) is 64.3 cm³/mol. The van der Waals surface area contributed by atoms with Crippen molar-refractivity contribution in [3.8, 4) is 0 Å². The molecule has 1 saturated heterocycles. The van der Waals surface area contributed by atoms with Crippen molar-refractivity contribution in [2.24, 2.45) is 0 Å². The molecule has 1 fully saturated rings. The summed E-state index contributed by atoms with van der Waals surface area (Å²) in [7, 11) is 0. The summed E-state index contributed by atoms with van der Waals surface area (Å²) in [6, 6.07) is 3.70. The van der Waals surface area contributed by atoms with E-state index in [2.05, 4.69) is 10.6 Å². The Hall–Kier alpha value is -1.49. The molecule has 2 atom stereocenters. The molecule has 1 aliphatic rings. The third-order valence-electron chi connectivity index (χ3n) is 3.27. The van der Waals surface area contributed by atoms with E-state index in [1.165, 1.54) is 12.1 Å². The van der Waals surface area contributed by atoms with E-state index in [0.29, 0.717) is 0 Å². The monoisotopic (exact) mass is 254 g/mol. The molecule has 1 amide bonds. The number of rotatable bonds is 2. The Morgan fingerprint density at radius 1 is 1.44 bits per heavy atom. The molecule has 2 rings (SSSR count). The largest absolute Gasteiger partial charge is 0.348 e. The van der Waals surface area contributed by atoms with Gasteiger partial charge in [-0.05, 0) is 38.4 Å². The topological polar surface area (TPSA) is 41.1 Å². The van der Waals surface area contributed by atoms with Crippen LogP contribution in [0.4, 0.5) is 8.78 Å². The van der Waals surface area contributed by atoms with Crippen molar-refractivity contribution in [3.63, 3.8) is 0 Å². The zero-order chi connectivity index (χ0) is 13.1. The molecule has 0 bridgehead atoms. The van der Waals surface area contributed by atoms with Gasteiger partial charge in [0.2, 0.25) is 0 Å². The number of carbonyl (C=O) groups is 1. The normalized spacial score (nSPS) is 23.7. The average Bonchev–Trinajstić information content (AvgIpc) is 2.35. The summed E-state index contributed by atoms with van der Waals surface area (Å²) in [5.74, 6) is -2.66. The van der Waals surface area contributed by atoms with Crippen LogP contribution in [0.5, 0.6) is 0 Å². The molecule has 3 nitrogen and oxygen atoms in total. The Bertz CT molecular complexity index is 451. The van der Waals surface area contributed by atoms with Crippen LogP contribution in [0, 0.1) is 11.6 Å². The molecule has 0 aromatic heterocycles. The minimum Gasteiger partial charge on any atom is -0.348 e. The van der Waals surface area contributed by atoms with Gasteiger partial charge in [0.25, 0.3) is 5.91 Å². The van der Waals surface area contributed by atoms with Crippen molar-refractivity contribution in [3.05, 3.63) is 35.4 Å². The molecule has 1 heterocycles. The van der Waals surface area contributed by atoms with Crippen molar-refractivity contribution in [2.45, 2.75) is 31.8 Å². The van der Waals surface area contributed by atoms with E-state index in [4.69, 9.17) is 0 Å². The fourth-order valence-corrected chi connectivity index (χ4v) is 2.17. The van der Waals surface area contributed by atoms with Gasteiger partial charge in [0.15, 0.2) is 11.6 Å². The van der Waals surface area contributed by atoms with Crippen LogP contribution in [-0.4, -0.2) is 24.5 Å². The highest BCUT2D eigenvalue weighted by Gasteiger charge is 2.24. The molecule has 5 heteroatoms. The first kappa shape index (κ1) is 13.0. The molecular formula is C13H16F2N2O. The maximum atomic E-state index is 13.5. The van der Waals surface area contributed by atoms with E-state index in [0.717, 1.165) is 25.5 Å². The van der Waals surface area contributed by atoms with Crippen LogP contribution < -0.4 is 10.6 Å². The van der Waals surface area contributed by atoms with Crippen LogP contribution in [0.2, 0.25) is 0 Å². The second kappa shape index (κ2) is 5.44. The lowest BCUT2D eigenvalue weighted by Gasteiger charge is -2.30. The predicted octanol–water partition coefficient (Wildman–Crippen LogP) is 1.84. The first-order chi connectivity index (χ1) is 8.59. The number of hydrogen-bond acceptors (Lipinski definition) is 2. The van der Waals surface area contributed by atoms with Gasteiger partial charge < -0.3 is 10.6 Å². The lowest BCUT2D eigenvalue weighted by Crippen LogP contribution is -2.52. The van der Waals surface area contributed by atoms with Gasteiger partial charge in [0.05, 0.1) is 5.56 Å². The van der Waals surface area contributed by atoms with Crippen molar-refractivity contribution in [1.82, 2.24) is 10.6 Å². The van der Waals surface area contributed by atoms with Gasteiger partial charge >= 0.3 is 0 Å². The Balaban J connectivity index is 2.09. The lowest BCUT2D eigenvalue weighted by molar-refractivity contribution is 0.0914.